The van der Waals surface area contributed by atoms with E-state index in [1.165, 1.54) is 23.9 Å². The van der Waals surface area contributed by atoms with Crippen LogP contribution in [0.4, 0.5) is 4.39 Å². The average molecular weight is 312 g/mol. The van der Waals surface area contributed by atoms with E-state index < -0.39 is 5.97 Å². The summed E-state index contributed by atoms with van der Waals surface area (Å²) in [5, 5.41) is 9.50. The third-order valence-corrected chi connectivity index (χ3v) is 5.30. The Morgan fingerprint density at radius 1 is 1.60 bits per heavy atom. The van der Waals surface area contributed by atoms with Crippen LogP contribution in [-0.2, 0) is 4.79 Å². The number of rotatable bonds is 4. The van der Waals surface area contributed by atoms with Gasteiger partial charge in [0.15, 0.2) is 5.16 Å². The molecule has 1 aliphatic heterocycles. The molecule has 1 unspecified atom stereocenters. The van der Waals surface area contributed by atoms with Crippen LogP contribution in [-0.4, -0.2) is 37.9 Å². The number of hydrogen-bond acceptors (Lipinski definition) is 4. The van der Waals surface area contributed by atoms with E-state index in [1.807, 2.05) is 11.8 Å². The topological polar surface area (TPSA) is 55.1 Å². The third kappa shape index (κ3) is 2.64. The summed E-state index contributed by atoms with van der Waals surface area (Å²) in [6.45, 7) is 0. The Morgan fingerprint density at radius 2 is 2.45 bits per heavy atom. The highest BCUT2D eigenvalue weighted by molar-refractivity contribution is 8.00. The van der Waals surface area contributed by atoms with E-state index in [4.69, 9.17) is 5.11 Å². The summed E-state index contributed by atoms with van der Waals surface area (Å²) >= 11 is 3.07. The van der Waals surface area contributed by atoms with Gasteiger partial charge in [0, 0.05) is 17.9 Å². The monoisotopic (exact) mass is 312 g/mol. The molecule has 1 aromatic heterocycles. The zero-order chi connectivity index (χ0) is 14.1. The third-order valence-electron chi connectivity index (χ3n) is 3.21. The van der Waals surface area contributed by atoms with E-state index in [0.29, 0.717) is 16.7 Å². The van der Waals surface area contributed by atoms with Crippen molar-refractivity contribution in [3.63, 3.8) is 0 Å². The van der Waals surface area contributed by atoms with Gasteiger partial charge in [-0.1, -0.05) is 11.8 Å². The molecule has 106 valence electrons. The Morgan fingerprint density at radius 3 is 3.15 bits per heavy atom. The molecular formula is C13H13FN2O2S2. The zero-order valence-electron chi connectivity index (χ0n) is 10.6. The van der Waals surface area contributed by atoms with Gasteiger partial charge in [-0.15, -0.1) is 0 Å². The van der Waals surface area contributed by atoms with E-state index in [9.17, 15) is 9.18 Å². The second kappa shape index (κ2) is 5.65. The van der Waals surface area contributed by atoms with Crippen molar-refractivity contribution >= 4 is 40.5 Å². The quantitative estimate of drug-likeness (QED) is 0.880. The standard InChI is InChI=1S/C13H13FN2O2S2/c14-8-1-2-11-10(5-8)15-13(20-7-12(17)18)16(11)9-3-4-19-6-9/h1-2,5,9H,3-4,6-7H2,(H,17,18). The molecule has 2 aromatic rings. The number of benzene rings is 1. The number of fused-ring (bicyclic) bond motifs is 1. The molecule has 2 heterocycles. The van der Waals surface area contributed by atoms with E-state index in [-0.39, 0.29) is 11.6 Å². The predicted molar refractivity (Wildman–Crippen MR) is 79.0 cm³/mol. The number of halogens is 1. The highest BCUT2D eigenvalue weighted by atomic mass is 32.2. The molecule has 0 saturated carbocycles. The summed E-state index contributed by atoms with van der Waals surface area (Å²) in [7, 11) is 0. The molecule has 0 amide bonds. The lowest BCUT2D eigenvalue weighted by Crippen LogP contribution is -2.10. The van der Waals surface area contributed by atoms with Gasteiger partial charge in [-0.3, -0.25) is 4.79 Å². The molecule has 7 heteroatoms. The Kier molecular flexibility index (Phi) is 3.89. The summed E-state index contributed by atoms with van der Waals surface area (Å²) in [6.07, 6.45) is 1.04. The molecule has 1 aliphatic rings. The number of hydrogen-bond donors (Lipinski definition) is 1. The first kappa shape index (κ1) is 13.8. The van der Waals surface area contributed by atoms with Gasteiger partial charge in [-0.05, 0) is 24.3 Å². The van der Waals surface area contributed by atoms with E-state index in [2.05, 4.69) is 9.55 Å². The first-order chi connectivity index (χ1) is 9.65. The number of thioether (sulfide) groups is 2. The first-order valence-corrected chi connectivity index (χ1v) is 8.39. The molecule has 0 radical (unpaired) electrons. The predicted octanol–water partition coefficient (Wildman–Crippen LogP) is 3.03. The number of imidazole rings is 1. The van der Waals surface area contributed by atoms with E-state index >= 15 is 0 Å². The Hall–Kier alpha value is -1.21. The van der Waals surface area contributed by atoms with E-state index in [1.54, 1.807) is 6.07 Å². The molecule has 20 heavy (non-hydrogen) atoms. The lowest BCUT2D eigenvalue weighted by Gasteiger charge is -2.14. The molecular weight excluding hydrogens is 299 g/mol. The molecule has 1 N–H and O–H groups in total. The van der Waals surface area contributed by atoms with Gasteiger partial charge in [0.05, 0.1) is 16.8 Å². The van der Waals surface area contributed by atoms with Crippen LogP contribution in [0.1, 0.15) is 12.5 Å². The molecule has 0 aliphatic carbocycles. The van der Waals surface area contributed by atoms with Crippen molar-refractivity contribution in [2.75, 3.05) is 17.3 Å². The molecule has 1 aromatic carbocycles. The van der Waals surface area contributed by atoms with Gasteiger partial charge in [-0.25, -0.2) is 9.37 Å². The fourth-order valence-corrected chi connectivity index (χ4v) is 4.35. The number of carboxylic acids is 1. The normalized spacial score (nSPS) is 18.8. The number of carbonyl (C=O) groups is 1. The van der Waals surface area contributed by atoms with Crippen LogP contribution < -0.4 is 0 Å². The summed E-state index contributed by atoms with van der Waals surface area (Å²) in [4.78, 5) is 15.2. The zero-order valence-corrected chi connectivity index (χ0v) is 12.2. The van der Waals surface area contributed by atoms with Crippen molar-refractivity contribution in [1.82, 2.24) is 9.55 Å². The second-order valence-corrected chi connectivity index (χ2v) is 6.69. The van der Waals surface area contributed by atoms with Gasteiger partial charge < -0.3 is 9.67 Å². The van der Waals surface area contributed by atoms with Crippen LogP contribution in [0, 0.1) is 5.82 Å². The highest BCUT2D eigenvalue weighted by Crippen LogP contribution is 2.35. The molecule has 1 fully saturated rings. The van der Waals surface area contributed by atoms with Crippen molar-refractivity contribution in [3.05, 3.63) is 24.0 Å². The molecule has 4 nitrogen and oxygen atoms in total. The minimum atomic E-state index is -0.874. The minimum absolute atomic E-state index is 0.0360. The maximum absolute atomic E-state index is 13.3. The Bertz CT molecular complexity index is 653. The lowest BCUT2D eigenvalue weighted by molar-refractivity contribution is -0.133. The molecule has 1 saturated heterocycles. The fourth-order valence-electron chi connectivity index (χ4n) is 2.36. The van der Waals surface area contributed by atoms with Gasteiger partial charge in [-0.2, -0.15) is 11.8 Å². The van der Waals surface area contributed by atoms with Crippen molar-refractivity contribution in [2.45, 2.75) is 17.6 Å². The maximum Gasteiger partial charge on any atom is 0.313 e. The minimum Gasteiger partial charge on any atom is -0.481 e. The molecule has 1 atom stereocenters. The molecule has 0 bridgehead atoms. The van der Waals surface area contributed by atoms with Crippen molar-refractivity contribution in [1.29, 1.82) is 0 Å². The second-order valence-electron chi connectivity index (χ2n) is 4.60. The average Bonchev–Trinajstić information content (AvgIpc) is 3.01. The summed E-state index contributed by atoms with van der Waals surface area (Å²) in [6, 6.07) is 4.87. The van der Waals surface area contributed by atoms with Crippen molar-refractivity contribution in [3.8, 4) is 0 Å². The maximum atomic E-state index is 13.3. The van der Waals surface area contributed by atoms with Crippen LogP contribution in [0.15, 0.2) is 23.4 Å². The van der Waals surface area contributed by atoms with Crippen LogP contribution in [0.3, 0.4) is 0 Å². The summed E-state index contributed by atoms with van der Waals surface area (Å²) in [5.74, 6) is 0.849. The van der Waals surface area contributed by atoms with E-state index in [0.717, 1.165) is 23.4 Å². The van der Waals surface area contributed by atoms with Crippen molar-refractivity contribution < 1.29 is 14.3 Å². The van der Waals surface area contributed by atoms with Gasteiger partial charge in [0.2, 0.25) is 0 Å². The fraction of sp³-hybridized carbons (Fsp3) is 0.385. The van der Waals surface area contributed by atoms with Crippen LogP contribution in [0.5, 0.6) is 0 Å². The lowest BCUT2D eigenvalue weighted by atomic mass is 10.2. The molecule has 3 rings (SSSR count). The van der Waals surface area contributed by atoms with Gasteiger partial charge in [0.1, 0.15) is 5.82 Å². The largest absolute Gasteiger partial charge is 0.481 e. The first-order valence-electron chi connectivity index (χ1n) is 6.25. The number of aromatic nitrogens is 2. The van der Waals surface area contributed by atoms with Gasteiger partial charge in [0.25, 0.3) is 0 Å². The number of nitrogens with zero attached hydrogens (tertiary/aromatic N) is 2. The highest BCUT2D eigenvalue weighted by Gasteiger charge is 2.23. The number of carboxylic acid groups (broad SMARTS) is 1. The van der Waals surface area contributed by atoms with Gasteiger partial charge >= 0.3 is 5.97 Å². The van der Waals surface area contributed by atoms with Crippen LogP contribution in [0.2, 0.25) is 0 Å². The smallest absolute Gasteiger partial charge is 0.313 e. The Balaban J connectivity index is 2.05. The SMILES string of the molecule is O=C(O)CSc1nc2cc(F)ccc2n1C1CCSC1. The summed E-state index contributed by atoms with van der Waals surface area (Å²) < 4.78 is 15.4. The Labute approximate surface area is 123 Å². The van der Waals surface area contributed by atoms with Crippen molar-refractivity contribution in [2.24, 2.45) is 0 Å². The van der Waals surface area contributed by atoms with Crippen LogP contribution in [0.25, 0.3) is 11.0 Å². The molecule has 0 spiro atoms. The number of aliphatic carboxylic acids is 1. The summed E-state index contributed by atoms with van der Waals surface area (Å²) in [5.41, 5.74) is 1.47. The van der Waals surface area contributed by atoms with Crippen LogP contribution >= 0.6 is 23.5 Å².